The fourth-order valence-corrected chi connectivity index (χ4v) is 5.35. The molecule has 0 aliphatic carbocycles. The Morgan fingerprint density at radius 3 is 2.56 bits per heavy atom. The first-order valence-corrected chi connectivity index (χ1v) is 10.3. The monoisotopic (exact) mass is 383 g/mol. The molecule has 0 spiro atoms. The van der Waals surface area contributed by atoms with E-state index in [1.54, 1.807) is 24.3 Å². The number of nitrogens with zero attached hydrogens (tertiary/aromatic N) is 1. The van der Waals surface area contributed by atoms with Crippen molar-refractivity contribution in [3.8, 4) is 0 Å². The Morgan fingerprint density at radius 1 is 1.04 bits per heavy atom. The fourth-order valence-electron chi connectivity index (χ4n) is 3.79. The van der Waals surface area contributed by atoms with Crippen molar-refractivity contribution < 1.29 is 8.42 Å². The number of pyridine rings is 1. The van der Waals surface area contributed by atoms with Crippen molar-refractivity contribution in [2.45, 2.75) is 10.8 Å². The molecule has 0 unspecified atom stereocenters. The molecule has 1 aromatic heterocycles. The molecule has 3 N–H and O–H groups in total. The Labute approximate surface area is 157 Å². The number of H-pyrrole nitrogens is 1. The van der Waals surface area contributed by atoms with Crippen molar-refractivity contribution in [1.29, 1.82) is 0 Å². The Hall–Kier alpha value is -2.48. The Morgan fingerprint density at radius 2 is 1.81 bits per heavy atom. The van der Waals surface area contributed by atoms with Gasteiger partial charge in [0.1, 0.15) is 0 Å². The quantitative estimate of drug-likeness (QED) is 0.719. The maximum atomic E-state index is 13.2. The normalized spacial score (nSPS) is 20.9. The third-order valence-corrected chi connectivity index (χ3v) is 7.10. The summed E-state index contributed by atoms with van der Waals surface area (Å²) < 4.78 is 27.9. The van der Waals surface area contributed by atoms with Gasteiger partial charge in [-0.3, -0.25) is 4.79 Å². The molecule has 1 aliphatic rings. The summed E-state index contributed by atoms with van der Waals surface area (Å²) >= 11 is 0. The zero-order valence-corrected chi connectivity index (χ0v) is 15.5. The number of aromatic amines is 1. The molecule has 0 bridgehead atoms. The van der Waals surface area contributed by atoms with Crippen LogP contribution in [-0.4, -0.2) is 37.3 Å². The topological polar surface area (TPSA) is 96.3 Å². The fraction of sp³-hybridized carbons (Fsp3) is 0.250. The van der Waals surface area contributed by atoms with Gasteiger partial charge in [-0.25, -0.2) is 8.42 Å². The Kier molecular flexibility index (Phi) is 4.59. The van der Waals surface area contributed by atoms with E-state index in [9.17, 15) is 13.2 Å². The highest BCUT2D eigenvalue weighted by Crippen LogP contribution is 2.35. The van der Waals surface area contributed by atoms with Crippen molar-refractivity contribution in [1.82, 2.24) is 9.29 Å². The average molecular weight is 383 g/mol. The van der Waals surface area contributed by atoms with E-state index in [4.69, 9.17) is 5.73 Å². The van der Waals surface area contributed by atoms with E-state index >= 15 is 0 Å². The molecule has 2 aromatic carbocycles. The number of benzene rings is 2. The Bertz CT molecular complexity index is 1130. The second-order valence-electron chi connectivity index (χ2n) is 6.91. The molecule has 1 fully saturated rings. The van der Waals surface area contributed by atoms with E-state index < -0.39 is 10.0 Å². The molecular formula is C20H21N3O3S. The van der Waals surface area contributed by atoms with E-state index in [2.05, 4.69) is 4.98 Å². The second kappa shape index (κ2) is 6.92. The highest BCUT2D eigenvalue weighted by atomic mass is 32.2. The minimum atomic E-state index is -3.64. The maximum absolute atomic E-state index is 13.2. The third-order valence-electron chi connectivity index (χ3n) is 5.27. The first-order chi connectivity index (χ1) is 13.0. The Balaban J connectivity index is 1.68. The van der Waals surface area contributed by atoms with Gasteiger partial charge in [-0.2, -0.15) is 4.31 Å². The smallest absolute Gasteiger partial charge is 0.248 e. The zero-order valence-electron chi connectivity index (χ0n) is 14.7. The molecule has 2 heterocycles. The molecule has 27 heavy (non-hydrogen) atoms. The number of hydrogen-bond donors (Lipinski definition) is 2. The molecular weight excluding hydrogens is 362 g/mol. The maximum Gasteiger partial charge on any atom is 0.248 e. The van der Waals surface area contributed by atoms with Crippen LogP contribution in [0.5, 0.6) is 0 Å². The van der Waals surface area contributed by atoms with Gasteiger partial charge in [0, 0.05) is 30.6 Å². The summed E-state index contributed by atoms with van der Waals surface area (Å²) in [6.07, 6.45) is 0. The van der Waals surface area contributed by atoms with Crippen molar-refractivity contribution in [3.63, 3.8) is 0 Å². The molecule has 3 aromatic rings. The van der Waals surface area contributed by atoms with E-state index in [1.165, 1.54) is 10.4 Å². The first-order valence-electron chi connectivity index (χ1n) is 8.87. The van der Waals surface area contributed by atoms with Crippen LogP contribution < -0.4 is 11.3 Å². The van der Waals surface area contributed by atoms with Gasteiger partial charge >= 0.3 is 0 Å². The summed E-state index contributed by atoms with van der Waals surface area (Å²) in [6.45, 7) is 1.25. The van der Waals surface area contributed by atoms with Gasteiger partial charge in [0.05, 0.1) is 4.90 Å². The SMILES string of the molecule is NC[C@@H]1CN(S(=O)(=O)c2ccc3[nH]c(=O)ccc3c2)C[C@H]1c1ccccc1. The van der Waals surface area contributed by atoms with Crippen LogP contribution in [0.2, 0.25) is 0 Å². The molecule has 7 heteroatoms. The van der Waals surface area contributed by atoms with Crippen LogP contribution in [0.1, 0.15) is 11.5 Å². The minimum Gasteiger partial charge on any atom is -0.330 e. The number of hydrogen-bond acceptors (Lipinski definition) is 4. The summed E-state index contributed by atoms with van der Waals surface area (Å²) in [5.74, 6) is 0.168. The number of fused-ring (bicyclic) bond motifs is 1. The molecule has 2 atom stereocenters. The van der Waals surface area contributed by atoms with E-state index in [0.717, 1.165) is 5.56 Å². The van der Waals surface area contributed by atoms with Crippen LogP contribution in [0.15, 0.2) is 70.4 Å². The zero-order chi connectivity index (χ0) is 19.0. The predicted molar refractivity (Wildman–Crippen MR) is 105 cm³/mol. The van der Waals surface area contributed by atoms with Crippen molar-refractivity contribution in [3.05, 3.63) is 76.6 Å². The summed E-state index contributed by atoms with van der Waals surface area (Å²) in [7, 11) is -3.64. The van der Waals surface area contributed by atoms with Crippen molar-refractivity contribution in [2.75, 3.05) is 19.6 Å². The molecule has 1 aliphatic heterocycles. The van der Waals surface area contributed by atoms with Crippen LogP contribution in [0.25, 0.3) is 10.9 Å². The number of sulfonamides is 1. The van der Waals surface area contributed by atoms with Crippen LogP contribution in [-0.2, 0) is 10.0 Å². The predicted octanol–water partition coefficient (Wildman–Crippen LogP) is 1.89. The average Bonchev–Trinajstić information content (AvgIpc) is 3.13. The number of nitrogens with two attached hydrogens (primary N) is 1. The number of nitrogens with one attached hydrogen (secondary N) is 1. The molecule has 0 amide bonds. The van der Waals surface area contributed by atoms with E-state index in [1.807, 2.05) is 30.3 Å². The molecule has 140 valence electrons. The van der Waals surface area contributed by atoms with Gasteiger partial charge in [0.25, 0.3) is 0 Å². The summed E-state index contributed by atoms with van der Waals surface area (Å²) in [6, 6.07) is 17.7. The lowest BCUT2D eigenvalue weighted by Gasteiger charge is -2.17. The molecule has 1 saturated heterocycles. The van der Waals surface area contributed by atoms with Crippen LogP contribution >= 0.6 is 0 Å². The van der Waals surface area contributed by atoms with Gasteiger partial charge in [-0.1, -0.05) is 30.3 Å². The van der Waals surface area contributed by atoms with E-state index in [0.29, 0.717) is 30.5 Å². The summed E-state index contributed by atoms with van der Waals surface area (Å²) in [4.78, 5) is 14.4. The third kappa shape index (κ3) is 3.29. The second-order valence-corrected chi connectivity index (χ2v) is 8.84. The lowest BCUT2D eigenvalue weighted by Crippen LogP contribution is -2.30. The first kappa shape index (κ1) is 17.9. The minimum absolute atomic E-state index is 0.0824. The van der Waals surface area contributed by atoms with Gasteiger partial charge in [-0.05, 0) is 47.7 Å². The largest absolute Gasteiger partial charge is 0.330 e. The van der Waals surface area contributed by atoms with Crippen molar-refractivity contribution >= 4 is 20.9 Å². The van der Waals surface area contributed by atoms with Crippen LogP contribution in [0, 0.1) is 5.92 Å². The lowest BCUT2D eigenvalue weighted by molar-refractivity contribution is 0.459. The van der Waals surface area contributed by atoms with Gasteiger partial charge in [-0.15, -0.1) is 0 Å². The molecule has 6 nitrogen and oxygen atoms in total. The summed E-state index contributed by atoms with van der Waals surface area (Å²) in [5.41, 5.74) is 7.45. The molecule has 4 rings (SSSR count). The molecule has 0 radical (unpaired) electrons. The number of aromatic nitrogens is 1. The van der Waals surface area contributed by atoms with Crippen molar-refractivity contribution in [2.24, 2.45) is 11.7 Å². The molecule has 0 saturated carbocycles. The van der Waals surface area contributed by atoms with Crippen LogP contribution in [0.3, 0.4) is 0 Å². The van der Waals surface area contributed by atoms with Crippen LogP contribution in [0.4, 0.5) is 0 Å². The highest BCUT2D eigenvalue weighted by molar-refractivity contribution is 7.89. The standard InChI is InChI=1S/C20H21N3O3S/c21-11-16-12-23(13-18(16)14-4-2-1-3-5-14)27(25,26)17-7-8-19-15(10-17)6-9-20(24)22-19/h1-10,16,18H,11-13,21H2,(H,22,24)/t16-,18+/m1/s1. The summed E-state index contributed by atoms with van der Waals surface area (Å²) in [5, 5.41) is 0.685. The van der Waals surface area contributed by atoms with Gasteiger partial charge in [0.2, 0.25) is 15.6 Å². The van der Waals surface area contributed by atoms with E-state index in [-0.39, 0.29) is 22.3 Å². The van der Waals surface area contributed by atoms with Gasteiger partial charge in [0.15, 0.2) is 0 Å². The lowest BCUT2D eigenvalue weighted by atomic mass is 9.89. The number of rotatable bonds is 4. The van der Waals surface area contributed by atoms with Gasteiger partial charge < -0.3 is 10.7 Å². The highest BCUT2D eigenvalue weighted by Gasteiger charge is 2.39.